The smallest absolute Gasteiger partial charge is 0.321 e. The van der Waals surface area contributed by atoms with E-state index < -0.39 is 5.60 Å². The van der Waals surface area contributed by atoms with Crippen LogP contribution in [0.4, 0.5) is 10.5 Å². The summed E-state index contributed by atoms with van der Waals surface area (Å²) >= 11 is 0. The lowest BCUT2D eigenvalue weighted by Gasteiger charge is -2.26. The summed E-state index contributed by atoms with van der Waals surface area (Å²) in [7, 11) is 1.61. The second-order valence-electron chi connectivity index (χ2n) is 7.39. The van der Waals surface area contributed by atoms with E-state index in [1.807, 2.05) is 59.5 Å². The normalized spacial score (nSPS) is 27.2. The number of likely N-dealkylation sites (tertiary alicyclic amines) is 1. The predicted molar refractivity (Wildman–Crippen MR) is 100 cm³/mol. The van der Waals surface area contributed by atoms with Crippen molar-refractivity contribution in [2.45, 2.75) is 18.4 Å². The number of aliphatic hydroxyl groups is 1. The van der Waals surface area contributed by atoms with E-state index in [0.29, 0.717) is 43.5 Å². The molecule has 2 aromatic rings. The third-order valence-corrected chi connectivity index (χ3v) is 5.70. The number of urea groups is 1. The Morgan fingerprint density at radius 3 is 2.46 bits per heavy atom. The Labute approximate surface area is 153 Å². The molecule has 0 radical (unpaired) electrons. The quantitative estimate of drug-likeness (QED) is 0.889. The molecule has 0 aromatic heterocycles. The number of fused-ring (bicyclic) bond motifs is 1. The summed E-state index contributed by atoms with van der Waals surface area (Å²) in [5, 5.41) is 14.0. The van der Waals surface area contributed by atoms with Gasteiger partial charge in [0.1, 0.15) is 5.75 Å². The molecule has 1 heterocycles. The lowest BCUT2D eigenvalue weighted by atomic mass is 9.90. The molecule has 26 heavy (non-hydrogen) atoms. The van der Waals surface area contributed by atoms with E-state index in [0.717, 1.165) is 11.3 Å². The largest absolute Gasteiger partial charge is 0.497 e. The first-order valence-electron chi connectivity index (χ1n) is 9.05. The van der Waals surface area contributed by atoms with Gasteiger partial charge in [0.15, 0.2) is 0 Å². The summed E-state index contributed by atoms with van der Waals surface area (Å²) in [6.45, 7) is 1.38. The molecule has 136 valence electrons. The van der Waals surface area contributed by atoms with E-state index in [2.05, 4.69) is 5.32 Å². The fourth-order valence-corrected chi connectivity index (χ4v) is 4.41. The van der Waals surface area contributed by atoms with Crippen LogP contribution in [0.25, 0.3) is 0 Å². The summed E-state index contributed by atoms with van der Waals surface area (Å²) in [4.78, 5) is 14.4. The number of ether oxygens (including phenoxy) is 1. The second-order valence-corrected chi connectivity index (χ2v) is 7.39. The Morgan fingerprint density at radius 1 is 1.12 bits per heavy atom. The van der Waals surface area contributed by atoms with E-state index in [1.165, 1.54) is 0 Å². The van der Waals surface area contributed by atoms with Crippen LogP contribution >= 0.6 is 0 Å². The fraction of sp³-hybridized carbons (Fsp3) is 0.381. The summed E-state index contributed by atoms with van der Waals surface area (Å²) < 4.78 is 5.19. The highest BCUT2D eigenvalue weighted by atomic mass is 16.5. The zero-order valence-electron chi connectivity index (χ0n) is 14.9. The predicted octanol–water partition coefficient (Wildman–Crippen LogP) is 3.46. The molecular weight excluding hydrogens is 328 g/mol. The maximum absolute atomic E-state index is 12.6. The maximum Gasteiger partial charge on any atom is 0.321 e. The highest BCUT2D eigenvalue weighted by molar-refractivity contribution is 5.89. The molecule has 3 atom stereocenters. The van der Waals surface area contributed by atoms with Gasteiger partial charge < -0.3 is 20.1 Å². The van der Waals surface area contributed by atoms with Gasteiger partial charge in [-0.1, -0.05) is 36.4 Å². The number of anilines is 1. The number of amides is 2. The van der Waals surface area contributed by atoms with Crippen LogP contribution in [-0.4, -0.2) is 36.2 Å². The van der Waals surface area contributed by atoms with Crippen molar-refractivity contribution < 1.29 is 14.6 Å². The third-order valence-electron chi connectivity index (χ3n) is 5.70. The topological polar surface area (TPSA) is 61.8 Å². The summed E-state index contributed by atoms with van der Waals surface area (Å²) in [6, 6.07) is 17.2. The first-order valence-corrected chi connectivity index (χ1v) is 9.05. The van der Waals surface area contributed by atoms with E-state index in [4.69, 9.17) is 4.74 Å². The van der Waals surface area contributed by atoms with Crippen molar-refractivity contribution in [1.29, 1.82) is 0 Å². The molecule has 1 aliphatic carbocycles. The first kappa shape index (κ1) is 16.9. The SMILES string of the molecule is COc1cccc(NC(=O)N2C[C@@H]3CC(O)(c4ccccc4)C[C@@H]3C2)c1. The number of nitrogens with zero attached hydrogens (tertiary/aromatic N) is 1. The lowest BCUT2D eigenvalue weighted by Crippen LogP contribution is -2.35. The minimum absolute atomic E-state index is 0.0871. The number of benzene rings is 2. The van der Waals surface area contributed by atoms with Gasteiger partial charge in [-0.05, 0) is 42.4 Å². The average molecular weight is 352 g/mol. The molecule has 1 unspecified atom stereocenters. The van der Waals surface area contributed by atoms with E-state index in [1.54, 1.807) is 7.11 Å². The highest BCUT2D eigenvalue weighted by Crippen LogP contribution is 2.48. The Hall–Kier alpha value is -2.53. The van der Waals surface area contributed by atoms with Gasteiger partial charge >= 0.3 is 6.03 Å². The van der Waals surface area contributed by atoms with Gasteiger partial charge in [0.2, 0.25) is 0 Å². The zero-order chi connectivity index (χ0) is 18.1. The van der Waals surface area contributed by atoms with Crippen LogP contribution in [0.15, 0.2) is 54.6 Å². The number of hydrogen-bond donors (Lipinski definition) is 2. The standard InChI is InChI=1S/C21H24N2O3/c1-26-19-9-5-8-18(10-19)22-20(24)23-13-15-11-21(25,12-16(15)14-23)17-6-3-2-4-7-17/h2-10,15-16,25H,11-14H2,1H3,(H,22,24)/t15-,16+,21?. The molecule has 1 aliphatic heterocycles. The molecule has 2 aliphatic rings. The van der Waals surface area contributed by atoms with Crippen molar-refractivity contribution in [2.24, 2.45) is 11.8 Å². The summed E-state index contributed by atoms with van der Waals surface area (Å²) in [6.07, 6.45) is 1.43. The van der Waals surface area contributed by atoms with Gasteiger partial charge in [0.25, 0.3) is 0 Å². The number of rotatable bonds is 3. The summed E-state index contributed by atoms with van der Waals surface area (Å²) in [5.74, 6) is 1.40. The van der Waals surface area contributed by atoms with Gasteiger partial charge in [-0.2, -0.15) is 0 Å². The van der Waals surface area contributed by atoms with E-state index >= 15 is 0 Å². The molecule has 5 nitrogen and oxygen atoms in total. The number of hydrogen-bond acceptors (Lipinski definition) is 3. The Balaban J connectivity index is 1.39. The molecule has 2 N–H and O–H groups in total. The highest BCUT2D eigenvalue weighted by Gasteiger charge is 2.49. The first-order chi connectivity index (χ1) is 12.6. The molecule has 2 aromatic carbocycles. The number of carbonyl (C=O) groups is 1. The minimum Gasteiger partial charge on any atom is -0.497 e. The molecule has 0 spiro atoms. The summed E-state index contributed by atoms with van der Waals surface area (Å²) in [5.41, 5.74) is 0.959. The Kier molecular flexibility index (Phi) is 4.32. The molecule has 1 saturated heterocycles. The Bertz CT molecular complexity index is 779. The van der Waals surface area contributed by atoms with E-state index in [9.17, 15) is 9.90 Å². The van der Waals surface area contributed by atoms with Crippen molar-refractivity contribution in [3.63, 3.8) is 0 Å². The van der Waals surface area contributed by atoms with Gasteiger partial charge in [-0.3, -0.25) is 0 Å². The van der Waals surface area contributed by atoms with Crippen LogP contribution in [0.2, 0.25) is 0 Å². The third kappa shape index (κ3) is 3.15. The van der Waals surface area contributed by atoms with Gasteiger partial charge in [-0.15, -0.1) is 0 Å². The van der Waals surface area contributed by atoms with Gasteiger partial charge in [0.05, 0.1) is 12.7 Å². The van der Waals surface area contributed by atoms with Crippen LogP contribution in [0.5, 0.6) is 5.75 Å². The average Bonchev–Trinajstić information content (AvgIpc) is 3.18. The van der Waals surface area contributed by atoms with Crippen molar-refractivity contribution in [3.8, 4) is 5.75 Å². The molecule has 1 saturated carbocycles. The Morgan fingerprint density at radius 2 is 1.81 bits per heavy atom. The number of methoxy groups -OCH3 is 1. The van der Waals surface area contributed by atoms with E-state index in [-0.39, 0.29) is 6.03 Å². The van der Waals surface area contributed by atoms with Crippen molar-refractivity contribution >= 4 is 11.7 Å². The maximum atomic E-state index is 12.6. The van der Waals surface area contributed by atoms with Crippen molar-refractivity contribution in [1.82, 2.24) is 4.90 Å². The molecule has 2 fully saturated rings. The lowest BCUT2D eigenvalue weighted by molar-refractivity contribution is 0.0328. The second kappa shape index (κ2) is 6.65. The molecule has 4 rings (SSSR count). The molecular formula is C21H24N2O3. The number of carbonyl (C=O) groups excluding carboxylic acids is 1. The van der Waals surface area contributed by atoms with Crippen LogP contribution in [0, 0.1) is 11.8 Å². The number of nitrogens with one attached hydrogen (secondary N) is 1. The van der Waals surface area contributed by atoms with Crippen LogP contribution in [0.1, 0.15) is 18.4 Å². The van der Waals surface area contributed by atoms with Gasteiger partial charge in [0, 0.05) is 24.8 Å². The molecule has 2 amide bonds. The van der Waals surface area contributed by atoms with Crippen LogP contribution in [0.3, 0.4) is 0 Å². The van der Waals surface area contributed by atoms with Crippen molar-refractivity contribution in [3.05, 3.63) is 60.2 Å². The minimum atomic E-state index is -0.758. The van der Waals surface area contributed by atoms with Crippen LogP contribution < -0.4 is 10.1 Å². The zero-order valence-corrected chi connectivity index (χ0v) is 14.9. The molecule has 0 bridgehead atoms. The fourth-order valence-electron chi connectivity index (χ4n) is 4.41. The van der Waals surface area contributed by atoms with Gasteiger partial charge in [-0.25, -0.2) is 4.79 Å². The van der Waals surface area contributed by atoms with Crippen LogP contribution in [-0.2, 0) is 5.60 Å². The van der Waals surface area contributed by atoms with Crippen molar-refractivity contribution in [2.75, 3.05) is 25.5 Å². The monoisotopic (exact) mass is 352 g/mol. The molecule has 5 heteroatoms.